The number of benzene rings is 3. The molecule has 0 bridgehead atoms. The van der Waals surface area contributed by atoms with Gasteiger partial charge < -0.3 is 15.4 Å². The Morgan fingerprint density at radius 3 is 2.65 bits per heavy atom. The normalized spacial score (nSPS) is 14.8. The van der Waals surface area contributed by atoms with Crippen LogP contribution in [0.25, 0.3) is 0 Å². The molecule has 0 saturated carbocycles. The van der Waals surface area contributed by atoms with Gasteiger partial charge in [0.15, 0.2) is 0 Å². The summed E-state index contributed by atoms with van der Waals surface area (Å²) in [6.45, 7) is 4.31. The highest BCUT2D eigenvalue weighted by atomic mass is 16.5. The molecule has 3 aromatic carbocycles. The van der Waals surface area contributed by atoms with Gasteiger partial charge in [0.25, 0.3) is 5.91 Å². The van der Waals surface area contributed by atoms with Crippen LogP contribution in [0.1, 0.15) is 29.7 Å². The standard InChI is InChI=1S/C27H25N5O2/c1-18-9-6-7-14-23(18)31-26(33)24-19(2)30-27-28-17-29-32(27)25(24)21-12-8-13-22(15-21)34-16-20-10-4-3-5-11-20/h3-15,17,25H,16H2,1-2H3,(H,31,33)(H,28,29,30). The Bertz CT molecular complexity index is 1360. The van der Waals surface area contributed by atoms with E-state index in [-0.39, 0.29) is 5.91 Å². The number of fused-ring (bicyclic) bond motifs is 1. The number of aromatic nitrogens is 3. The average Bonchev–Trinajstić information content (AvgIpc) is 3.32. The van der Waals surface area contributed by atoms with Crippen molar-refractivity contribution in [2.75, 3.05) is 10.6 Å². The average molecular weight is 452 g/mol. The molecule has 2 N–H and O–H groups in total. The lowest BCUT2D eigenvalue weighted by atomic mass is 9.94. The van der Waals surface area contributed by atoms with E-state index in [0.29, 0.717) is 18.1 Å². The van der Waals surface area contributed by atoms with Crippen molar-refractivity contribution in [1.29, 1.82) is 0 Å². The maximum Gasteiger partial charge on any atom is 0.255 e. The van der Waals surface area contributed by atoms with E-state index >= 15 is 0 Å². The lowest BCUT2D eigenvalue weighted by Crippen LogP contribution is -2.31. The minimum atomic E-state index is -0.456. The molecule has 1 aliphatic heterocycles. The molecule has 0 fully saturated rings. The lowest BCUT2D eigenvalue weighted by molar-refractivity contribution is -0.113. The van der Waals surface area contributed by atoms with Crippen LogP contribution in [0, 0.1) is 6.92 Å². The molecule has 1 aromatic heterocycles. The van der Waals surface area contributed by atoms with E-state index in [2.05, 4.69) is 20.7 Å². The van der Waals surface area contributed by atoms with Crippen molar-refractivity contribution >= 4 is 17.5 Å². The first-order valence-electron chi connectivity index (χ1n) is 11.1. The van der Waals surface area contributed by atoms with Crippen molar-refractivity contribution in [2.24, 2.45) is 0 Å². The van der Waals surface area contributed by atoms with Crippen molar-refractivity contribution in [2.45, 2.75) is 26.5 Å². The second-order valence-corrected chi connectivity index (χ2v) is 8.21. The molecule has 1 amide bonds. The van der Waals surface area contributed by atoms with Gasteiger partial charge in [0.2, 0.25) is 5.95 Å². The maximum absolute atomic E-state index is 13.5. The Labute approximate surface area is 198 Å². The highest BCUT2D eigenvalue weighted by Crippen LogP contribution is 2.36. The molecule has 0 aliphatic carbocycles. The number of nitrogens with one attached hydrogen (secondary N) is 2. The second kappa shape index (κ2) is 9.23. The van der Waals surface area contributed by atoms with Crippen molar-refractivity contribution in [3.8, 4) is 5.75 Å². The second-order valence-electron chi connectivity index (χ2n) is 8.21. The topological polar surface area (TPSA) is 81.1 Å². The lowest BCUT2D eigenvalue weighted by Gasteiger charge is -2.29. The van der Waals surface area contributed by atoms with Gasteiger partial charge in [-0.1, -0.05) is 60.7 Å². The van der Waals surface area contributed by atoms with Crippen LogP contribution >= 0.6 is 0 Å². The summed E-state index contributed by atoms with van der Waals surface area (Å²) in [6, 6.07) is 25.1. The third kappa shape index (κ3) is 4.28. The number of hydrogen-bond donors (Lipinski definition) is 2. The van der Waals surface area contributed by atoms with E-state index < -0.39 is 6.04 Å². The zero-order valence-electron chi connectivity index (χ0n) is 19.0. The molecular formula is C27H25N5O2. The minimum Gasteiger partial charge on any atom is -0.489 e. The van der Waals surface area contributed by atoms with E-state index in [1.807, 2.05) is 92.7 Å². The molecule has 5 rings (SSSR count). The maximum atomic E-state index is 13.5. The Morgan fingerprint density at radius 1 is 1.03 bits per heavy atom. The van der Waals surface area contributed by atoms with Crippen LogP contribution in [0.15, 0.2) is 96.5 Å². The number of para-hydroxylation sites is 1. The van der Waals surface area contributed by atoms with Gasteiger partial charge in [-0.25, -0.2) is 4.68 Å². The summed E-state index contributed by atoms with van der Waals surface area (Å²) in [5, 5.41) is 10.7. The first kappa shape index (κ1) is 21.5. The van der Waals surface area contributed by atoms with Crippen molar-refractivity contribution in [3.05, 3.63) is 113 Å². The molecule has 34 heavy (non-hydrogen) atoms. The molecular weight excluding hydrogens is 426 g/mol. The number of carbonyl (C=O) groups excluding carboxylic acids is 1. The van der Waals surface area contributed by atoms with Gasteiger partial charge in [-0.3, -0.25) is 4.79 Å². The number of amides is 1. The van der Waals surface area contributed by atoms with Crippen LogP contribution in [0.4, 0.5) is 11.6 Å². The van der Waals surface area contributed by atoms with Crippen LogP contribution in [-0.2, 0) is 11.4 Å². The zero-order chi connectivity index (χ0) is 23.5. The highest BCUT2D eigenvalue weighted by Gasteiger charge is 2.33. The molecule has 170 valence electrons. The molecule has 1 aliphatic rings. The highest BCUT2D eigenvalue weighted by molar-refractivity contribution is 6.06. The summed E-state index contributed by atoms with van der Waals surface area (Å²) >= 11 is 0. The molecule has 7 nitrogen and oxygen atoms in total. The van der Waals surface area contributed by atoms with Gasteiger partial charge in [-0.2, -0.15) is 10.1 Å². The molecule has 0 spiro atoms. The largest absolute Gasteiger partial charge is 0.489 e. The zero-order valence-corrected chi connectivity index (χ0v) is 19.0. The van der Waals surface area contributed by atoms with Gasteiger partial charge in [0, 0.05) is 11.4 Å². The fourth-order valence-electron chi connectivity index (χ4n) is 4.11. The van der Waals surface area contributed by atoms with Crippen LogP contribution in [-0.4, -0.2) is 20.7 Å². The predicted octanol–water partition coefficient (Wildman–Crippen LogP) is 5.09. The first-order chi connectivity index (χ1) is 16.6. The number of anilines is 2. The summed E-state index contributed by atoms with van der Waals surface area (Å²) in [6.07, 6.45) is 1.49. The quantitative estimate of drug-likeness (QED) is 0.427. The summed E-state index contributed by atoms with van der Waals surface area (Å²) in [4.78, 5) is 17.9. The van der Waals surface area contributed by atoms with Gasteiger partial charge in [0.05, 0.1) is 5.57 Å². The van der Waals surface area contributed by atoms with Crippen molar-refractivity contribution in [1.82, 2.24) is 14.8 Å². The molecule has 0 radical (unpaired) electrons. The smallest absolute Gasteiger partial charge is 0.255 e. The van der Waals surface area contributed by atoms with Crippen molar-refractivity contribution < 1.29 is 9.53 Å². The van der Waals surface area contributed by atoms with Gasteiger partial charge in [0.1, 0.15) is 24.7 Å². The minimum absolute atomic E-state index is 0.193. The number of hydrogen-bond acceptors (Lipinski definition) is 5. The monoisotopic (exact) mass is 451 g/mol. The molecule has 7 heteroatoms. The van der Waals surface area contributed by atoms with E-state index in [1.165, 1.54) is 6.33 Å². The van der Waals surface area contributed by atoms with E-state index in [0.717, 1.165) is 33.8 Å². The van der Waals surface area contributed by atoms with E-state index in [1.54, 1.807) is 4.68 Å². The predicted molar refractivity (Wildman–Crippen MR) is 132 cm³/mol. The number of rotatable bonds is 6. The van der Waals surface area contributed by atoms with Crippen LogP contribution in [0.2, 0.25) is 0 Å². The van der Waals surface area contributed by atoms with Gasteiger partial charge >= 0.3 is 0 Å². The van der Waals surface area contributed by atoms with Crippen LogP contribution in [0.3, 0.4) is 0 Å². The fourth-order valence-corrected chi connectivity index (χ4v) is 4.11. The first-order valence-corrected chi connectivity index (χ1v) is 11.1. The van der Waals surface area contributed by atoms with Crippen LogP contribution < -0.4 is 15.4 Å². The molecule has 4 aromatic rings. The number of allylic oxidation sites excluding steroid dienone is 1. The summed E-state index contributed by atoms with van der Waals surface area (Å²) < 4.78 is 7.78. The summed E-state index contributed by atoms with van der Waals surface area (Å²) in [7, 11) is 0. The third-order valence-electron chi connectivity index (χ3n) is 5.85. The molecule has 1 unspecified atom stereocenters. The van der Waals surface area contributed by atoms with Gasteiger partial charge in [-0.15, -0.1) is 0 Å². The molecule has 0 saturated heterocycles. The van der Waals surface area contributed by atoms with Crippen LogP contribution in [0.5, 0.6) is 5.75 Å². The number of nitrogens with zero attached hydrogens (tertiary/aromatic N) is 3. The molecule has 2 heterocycles. The Kier molecular flexibility index (Phi) is 5.82. The molecule has 1 atom stereocenters. The number of ether oxygens (including phenoxy) is 1. The Balaban J connectivity index is 1.48. The Morgan fingerprint density at radius 2 is 1.82 bits per heavy atom. The van der Waals surface area contributed by atoms with Gasteiger partial charge in [-0.05, 0) is 48.7 Å². The summed E-state index contributed by atoms with van der Waals surface area (Å²) in [5.41, 5.74) is 5.03. The summed E-state index contributed by atoms with van der Waals surface area (Å²) in [5.74, 6) is 1.12. The van der Waals surface area contributed by atoms with Crippen molar-refractivity contribution in [3.63, 3.8) is 0 Å². The van der Waals surface area contributed by atoms with E-state index in [4.69, 9.17) is 4.74 Å². The SMILES string of the molecule is CC1=C(C(=O)Nc2ccccc2C)C(c2cccc(OCc3ccccc3)c2)n2ncnc2N1. The Hall–Kier alpha value is -4.39. The fraction of sp³-hybridized carbons (Fsp3) is 0.148. The van der Waals surface area contributed by atoms with E-state index in [9.17, 15) is 4.79 Å². The number of carbonyl (C=O) groups is 1. The number of aryl methyl sites for hydroxylation is 1. The third-order valence-corrected chi connectivity index (χ3v) is 5.85.